The maximum Gasteiger partial charge on any atom is 0.0316 e. The summed E-state index contributed by atoms with van der Waals surface area (Å²) in [7, 11) is 0. The van der Waals surface area contributed by atoms with Crippen LogP contribution in [0.15, 0.2) is 18.2 Å². The first kappa shape index (κ1) is 13.0. The average Bonchev–Trinajstić information content (AvgIpc) is 2.22. The predicted molar refractivity (Wildman–Crippen MR) is 65.6 cm³/mol. The highest BCUT2D eigenvalue weighted by Crippen LogP contribution is 2.15. The summed E-state index contributed by atoms with van der Waals surface area (Å²) in [5.74, 6) is 0. The Morgan fingerprint density at radius 1 is 1.07 bits per heavy atom. The van der Waals surface area contributed by atoms with Crippen LogP contribution in [0, 0.1) is 0 Å². The molecule has 0 spiro atoms. The Morgan fingerprint density at radius 3 is 2.21 bits per heavy atom. The number of aryl methyl sites for hydroxylation is 2. The average molecular weight is 193 g/mol. The van der Waals surface area contributed by atoms with Crippen LogP contribution in [0.1, 0.15) is 45.2 Å². The second kappa shape index (κ2) is 7.43. The lowest BCUT2D eigenvalue weighted by Crippen LogP contribution is -1.94. The number of benzene rings is 1. The van der Waals surface area contributed by atoms with Crippen LogP contribution in [0.2, 0.25) is 0 Å². The van der Waals surface area contributed by atoms with Gasteiger partial charge in [0.05, 0.1) is 0 Å². The molecule has 0 aliphatic rings. The Kier molecular flexibility index (Phi) is 6.91. The summed E-state index contributed by atoms with van der Waals surface area (Å²) in [5.41, 5.74) is 9.45. The minimum Gasteiger partial charge on any atom is -0.399 e. The van der Waals surface area contributed by atoms with Gasteiger partial charge >= 0.3 is 0 Å². The summed E-state index contributed by atoms with van der Waals surface area (Å²) in [6.07, 6.45) is 3.44. The van der Waals surface area contributed by atoms with Gasteiger partial charge in [-0.05, 0) is 36.1 Å². The van der Waals surface area contributed by atoms with E-state index >= 15 is 0 Å². The lowest BCUT2D eigenvalue weighted by Gasteiger charge is -2.06. The quantitative estimate of drug-likeness (QED) is 0.726. The molecule has 0 radical (unpaired) electrons. The first-order valence-electron chi connectivity index (χ1n) is 5.65. The molecule has 0 bridgehead atoms. The van der Waals surface area contributed by atoms with Gasteiger partial charge in [-0.3, -0.25) is 0 Å². The van der Waals surface area contributed by atoms with Crippen molar-refractivity contribution < 1.29 is 0 Å². The third-order valence-electron chi connectivity index (χ3n) is 2.13. The third kappa shape index (κ3) is 3.82. The van der Waals surface area contributed by atoms with Crippen molar-refractivity contribution in [2.24, 2.45) is 0 Å². The second-order valence-corrected chi connectivity index (χ2v) is 3.13. The number of nitrogen functional groups attached to an aromatic ring is 1. The van der Waals surface area contributed by atoms with Crippen molar-refractivity contribution in [1.82, 2.24) is 0 Å². The minimum absolute atomic E-state index is 0.885. The molecule has 0 atom stereocenters. The summed E-state index contributed by atoms with van der Waals surface area (Å²) < 4.78 is 0. The first-order chi connectivity index (χ1) is 6.77. The van der Waals surface area contributed by atoms with Crippen LogP contribution in [0.5, 0.6) is 0 Å². The number of anilines is 1. The zero-order valence-electron chi connectivity index (χ0n) is 9.93. The Hall–Kier alpha value is -0.980. The van der Waals surface area contributed by atoms with Crippen LogP contribution >= 0.6 is 0 Å². The zero-order valence-corrected chi connectivity index (χ0v) is 9.93. The van der Waals surface area contributed by atoms with Gasteiger partial charge in [-0.2, -0.15) is 0 Å². The molecule has 2 N–H and O–H groups in total. The first-order valence-corrected chi connectivity index (χ1v) is 5.65. The monoisotopic (exact) mass is 193 g/mol. The Labute approximate surface area is 88.3 Å². The molecule has 0 fully saturated rings. The molecule has 0 heterocycles. The molecule has 0 unspecified atom stereocenters. The van der Waals surface area contributed by atoms with Gasteiger partial charge in [0.1, 0.15) is 0 Å². The summed E-state index contributed by atoms with van der Waals surface area (Å²) in [4.78, 5) is 0. The van der Waals surface area contributed by atoms with E-state index in [9.17, 15) is 0 Å². The minimum atomic E-state index is 0.885. The van der Waals surface area contributed by atoms with Crippen LogP contribution in [-0.4, -0.2) is 0 Å². The lowest BCUT2D eigenvalue weighted by atomic mass is 10.0. The molecule has 0 saturated heterocycles. The maximum absolute atomic E-state index is 5.71. The summed E-state index contributed by atoms with van der Waals surface area (Å²) in [6, 6.07) is 6.22. The maximum atomic E-state index is 5.71. The molecule has 1 nitrogen and oxygen atoms in total. The van der Waals surface area contributed by atoms with E-state index in [2.05, 4.69) is 26.0 Å². The fraction of sp³-hybridized carbons (Fsp3) is 0.538. The Balaban J connectivity index is 0.000000791. The largest absolute Gasteiger partial charge is 0.399 e. The molecule has 0 amide bonds. The Morgan fingerprint density at radius 2 is 1.71 bits per heavy atom. The van der Waals surface area contributed by atoms with Gasteiger partial charge in [0.15, 0.2) is 0 Å². The van der Waals surface area contributed by atoms with Gasteiger partial charge in [-0.1, -0.05) is 40.2 Å². The van der Waals surface area contributed by atoms with E-state index < -0.39 is 0 Å². The van der Waals surface area contributed by atoms with Gasteiger partial charge in [0.25, 0.3) is 0 Å². The molecule has 0 aliphatic carbocycles. The van der Waals surface area contributed by atoms with Gasteiger partial charge in [0, 0.05) is 5.69 Å². The van der Waals surface area contributed by atoms with Crippen molar-refractivity contribution >= 4 is 5.69 Å². The molecule has 1 aromatic carbocycles. The van der Waals surface area contributed by atoms with E-state index in [-0.39, 0.29) is 0 Å². The number of hydrogen-bond acceptors (Lipinski definition) is 1. The number of nitrogens with two attached hydrogens (primary N) is 1. The summed E-state index contributed by atoms with van der Waals surface area (Å²) in [5, 5.41) is 0. The van der Waals surface area contributed by atoms with Crippen LogP contribution in [0.3, 0.4) is 0 Å². The number of rotatable bonds is 3. The topological polar surface area (TPSA) is 26.0 Å². The molecular weight excluding hydrogens is 170 g/mol. The van der Waals surface area contributed by atoms with Crippen molar-refractivity contribution in [2.75, 3.05) is 5.73 Å². The summed E-state index contributed by atoms with van der Waals surface area (Å²) in [6.45, 7) is 8.38. The van der Waals surface area contributed by atoms with Crippen LogP contribution in [0.25, 0.3) is 0 Å². The second-order valence-electron chi connectivity index (χ2n) is 3.13. The fourth-order valence-corrected chi connectivity index (χ4v) is 1.49. The van der Waals surface area contributed by atoms with Crippen molar-refractivity contribution in [3.8, 4) is 0 Å². The SMILES string of the molecule is CC.CCCc1cc(N)ccc1CC. The van der Waals surface area contributed by atoms with Gasteiger partial charge in [-0.25, -0.2) is 0 Å². The van der Waals surface area contributed by atoms with E-state index in [0.29, 0.717) is 0 Å². The molecule has 0 aromatic heterocycles. The fourth-order valence-electron chi connectivity index (χ4n) is 1.49. The van der Waals surface area contributed by atoms with E-state index in [1.165, 1.54) is 17.5 Å². The van der Waals surface area contributed by atoms with E-state index in [1.54, 1.807) is 0 Å². The van der Waals surface area contributed by atoms with Crippen molar-refractivity contribution in [1.29, 1.82) is 0 Å². The molecule has 1 rings (SSSR count). The third-order valence-corrected chi connectivity index (χ3v) is 2.13. The van der Waals surface area contributed by atoms with Crippen LogP contribution < -0.4 is 5.73 Å². The van der Waals surface area contributed by atoms with E-state index in [0.717, 1.165) is 18.5 Å². The molecule has 80 valence electrons. The molecule has 14 heavy (non-hydrogen) atoms. The lowest BCUT2D eigenvalue weighted by molar-refractivity contribution is 0.900. The molecule has 1 aromatic rings. The van der Waals surface area contributed by atoms with Crippen molar-refractivity contribution in [3.05, 3.63) is 29.3 Å². The number of hydrogen-bond donors (Lipinski definition) is 1. The standard InChI is InChI=1S/C11H17N.C2H6/c1-3-5-10-8-11(12)7-6-9(10)4-2;1-2/h6-8H,3-5,12H2,1-2H3;1-2H3. The predicted octanol–water partition coefficient (Wildman–Crippen LogP) is 3.81. The molecule has 0 aliphatic heterocycles. The van der Waals surface area contributed by atoms with Crippen molar-refractivity contribution in [3.63, 3.8) is 0 Å². The normalized spacial score (nSPS) is 9.14. The van der Waals surface area contributed by atoms with Crippen molar-refractivity contribution in [2.45, 2.75) is 47.0 Å². The molecule has 0 saturated carbocycles. The zero-order chi connectivity index (χ0) is 11.0. The highest BCUT2D eigenvalue weighted by Gasteiger charge is 1.99. The summed E-state index contributed by atoms with van der Waals surface area (Å²) >= 11 is 0. The van der Waals surface area contributed by atoms with Gasteiger partial charge in [0.2, 0.25) is 0 Å². The molecule has 1 heteroatoms. The smallest absolute Gasteiger partial charge is 0.0316 e. The van der Waals surface area contributed by atoms with Gasteiger partial charge < -0.3 is 5.73 Å². The highest BCUT2D eigenvalue weighted by molar-refractivity contribution is 5.44. The van der Waals surface area contributed by atoms with E-state index in [4.69, 9.17) is 5.73 Å². The Bertz CT molecular complexity index is 253. The van der Waals surface area contributed by atoms with Crippen LogP contribution in [-0.2, 0) is 12.8 Å². The van der Waals surface area contributed by atoms with Crippen LogP contribution in [0.4, 0.5) is 5.69 Å². The highest BCUT2D eigenvalue weighted by atomic mass is 14.5. The van der Waals surface area contributed by atoms with Gasteiger partial charge in [-0.15, -0.1) is 0 Å². The van der Waals surface area contributed by atoms with E-state index in [1.807, 2.05) is 19.9 Å². The molecular formula is C13H23N.